The summed E-state index contributed by atoms with van der Waals surface area (Å²) in [4.78, 5) is 0. The molecule has 10 radical (unpaired) electrons. The van der Waals surface area contributed by atoms with Gasteiger partial charge in [-0.25, -0.2) is 19.6 Å². The Balaban J connectivity index is 0. The van der Waals surface area contributed by atoms with E-state index in [-0.39, 0.29) is 0 Å². The van der Waals surface area contributed by atoms with Gasteiger partial charge < -0.3 is 0 Å². The van der Waals surface area contributed by atoms with E-state index >= 15 is 0 Å². The molecule has 2 heteroatoms. The standard InChI is InChI=1S/2C5H5.C3H5.ClH.Ti/c2*1-2-4-5-3-1;1-3-2;;/h2*1-5H;3H,1-2H2;1H;/q;;-1;;+2/p-1. The predicted molar refractivity (Wildman–Crippen MR) is 64.4 cm³/mol. The summed E-state index contributed by atoms with van der Waals surface area (Å²) >= 11 is 1.47. The molecule has 2 saturated carbocycles. The summed E-state index contributed by atoms with van der Waals surface area (Å²) < 4.78 is 0. The van der Waals surface area contributed by atoms with E-state index in [1.807, 2.05) is 64.2 Å². The van der Waals surface area contributed by atoms with E-state index in [2.05, 4.69) is 22.8 Å². The van der Waals surface area contributed by atoms with E-state index in [1.165, 1.54) is 25.5 Å². The molecule has 78 valence electrons. The Morgan fingerprint density at radius 2 is 0.800 bits per heavy atom. The van der Waals surface area contributed by atoms with Crippen LogP contribution in [0, 0.1) is 71.1 Å². The first-order valence-electron chi connectivity index (χ1n) is 4.34. The van der Waals surface area contributed by atoms with Crippen LogP contribution < -0.4 is 0 Å². The Labute approximate surface area is 112 Å². The molecule has 0 unspecified atom stereocenters. The second kappa shape index (κ2) is 20.1. The molecule has 0 spiro atoms. The first kappa shape index (κ1) is 18.0. The van der Waals surface area contributed by atoms with E-state index < -0.39 is 0 Å². The van der Waals surface area contributed by atoms with Crippen LogP contribution >= 0.6 is 9.30 Å². The van der Waals surface area contributed by atoms with E-state index in [0.29, 0.717) is 0 Å². The van der Waals surface area contributed by atoms with Crippen LogP contribution in [0.2, 0.25) is 0 Å². The zero-order valence-corrected chi connectivity index (χ0v) is 11.0. The summed E-state index contributed by atoms with van der Waals surface area (Å²) in [5.41, 5.74) is 0. The zero-order chi connectivity index (χ0) is 11.8. The van der Waals surface area contributed by atoms with Crippen LogP contribution in [-0.4, -0.2) is 0 Å². The van der Waals surface area contributed by atoms with Gasteiger partial charge in [0.15, 0.2) is 0 Å². The molecule has 2 fully saturated rings. The molecule has 2 aliphatic carbocycles. The summed E-state index contributed by atoms with van der Waals surface area (Å²) in [5, 5.41) is 0. The number of allylic oxidation sites excluding steroid dienone is 1. The second-order valence-electron chi connectivity index (χ2n) is 2.21. The van der Waals surface area contributed by atoms with E-state index in [0.717, 1.165) is 0 Å². The number of hydrogen-bond acceptors (Lipinski definition) is 0. The van der Waals surface area contributed by atoms with Crippen molar-refractivity contribution < 1.29 is 19.4 Å². The van der Waals surface area contributed by atoms with Crippen molar-refractivity contribution in [1.29, 1.82) is 0 Å². The van der Waals surface area contributed by atoms with Crippen molar-refractivity contribution in [3.05, 3.63) is 83.8 Å². The Hall–Kier alpha value is 0.614. The van der Waals surface area contributed by atoms with Crippen molar-refractivity contribution in [3.63, 3.8) is 0 Å². The molecule has 0 aromatic rings. The van der Waals surface area contributed by atoms with Crippen molar-refractivity contribution in [2.45, 2.75) is 0 Å². The third-order valence-corrected chi connectivity index (χ3v) is 1.11. The van der Waals surface area contributed by atoms with E-state index in [9.17, 15) is 0 Å². The molecular formula is C13H15ClTi. The van der Waals surface area contributed by atoms with E-state index in [4.69, 9.17) is 0 Å². The molecule has 0 saturated heterocycles. The molecule has 0 aromatic heterocycles. The fourth-order valence-electron chi connectivity index (χ4n) is 0.642. The Morgan fingerprint density at radius 1 is 0.733 bits per heavy atom. The summed E-state index contributed by atoms with van der Waals surface area (Å²) in [6.07, 6.45) is 21.5. The quantitative estimate of drug-likeness (QED) is 0.456. The molecule has 0 amide bonds. The van der Waals surface area contributed by atoms with Crippen LogP contribution in [0.25, 0.3) is 0 Å². The summed E-state index contributed by atoms with van der Waals surface area (Å²) in [6.45, 7) is 6.50. The predicted octanol–water partition coefficient (Wildman–Crippen LogP) is 3.74. The van der Waals surface area contributed by atoms with Crippen LogP contribution in [-0.2, 0) is 19.4 Å². The van der Waals surface area contributed by atoms with Crippen LogP contribution in [0.15, 0.2) is 12.7 Å². The average molecular weight is 255 g/mol. The van der Waals surface area contributed by atoms with Crippen molar-refractivity contribution in [2.24, 2.45) is 0 Å². The fraction of sp³-hybridized carbons (Fsp3) is 0. The first-order chi connectivity index (χ1) is 7.41. The van der Waals surface area contributed by atoms with Crippen LogP contribution in [0.4, 0.5) is 0 Å². The zero-order valence-electron chi connectivity index (χ0n) is 8.64. The van der Waals surface area contributed by atoms with Crippen LogP contribution in [0.5, 0.6) is 0 Å². The van der Waals surface area contributed by atoms with Crippen molar-refractivity contribution >= 4 is 9.30 Å². The van der Waals surface area contributed by atoms with Crippen LogP contribution in [0.1, 0.15) is 0 Å². The summed E-state index contributed by atoms with van der Waals surface area (Å²) in [6, 6.07) is 0. The van der Waals surface area contributed by atoms with Gasteiger partial charge in [0.25, 0.3) is 0 Å². The number of hydrogen-bond donors (Lipinski definition) is 0. The average Bonchev–Trinajstić information content (AvgIpc) is 3.01. The molecular weight excluding hydrogens is 239 g/mol. The molecule has 2 aliphatic rings. The van der Waals surface area contributed by atoms with Gasteiger partial charge in [0.2, 0.25) is 0 Å². The molecule has 0 N–H and O–H groups in total. The Kier molecular flexibility index (Phi) is 24.1. The Morgan fingerprint density at radius 3 is 0.867 bits per heavy atom. The maximum absolute atomic E-state index is 4.64. The molecule has 0 aromatic carbocycles. The number of rotatable bonds is 0. The van der Waals surface area contributed by atoms with Gasteiger partial charge in [-0.3, -0.25) is 0 Å². The molecule has 0 aliphatic heterocycles. The summed E-state index contributed by atoms with van der Waals surface area (Å²) in [7, 11) is 4.64. The molecule has 0 atom stereocenters. The first-order valence-corrected chi connectivity index (χ1v) is 6.49. The number of halogens is 1. The van der Waals surface area contributed by atoms with Gasteiger partial charge >= 0.3 is 28.7 Å². The van der Waals surface area contributed by atoms with Gasteiger partial charge in [0.1, 0.15) is 0 Å². The minimum atomic E-state index is 1.47. The van der Waals surface area contributed by atoms with Crippen LogP contribution in [0.3, 0.4) is 0 Å². The fourth-order valence-corrected chi connectivity index (χ4v) is 0.642. The molecule has 2 rings (SSSR count). The van der Waals surface area contributed by atoms with Gasteiger partial charge in [-0.15, -0.1) is 0 Å². The molecule has 0 nitrogen and oxygen atoms in total. The maximum atomic E-state index is 4.64. The molecule has 15 heavy (non-hydrogen) atoms. The van der Waals surface area contributed by atoms with Crippen molar-refractivity contribution in [1.82, 2.24) is 0 Å². The van der Waals surface area contributed by atoms with Crippen molar-refractivity contribution in [3.8, 4) is 0 Å². The minimum absolute atomic E-state index is 1.47. The molecule has 0 bridgehead atoms. The monoisotopic (exact) mass is 254 g/mol. The third kappa shape index (κ3) is 20.6. The topological polar surface area (TPSA) is 0 Å². The Bertz CT molecular complexity index is 71.5. The van der Waals surface area contributed by atoms with E-state index in [1.54, 1.807) is 0 Å². The van der Waals surface area contributed by atoms with Gasteiger partial charge in [-0.2, -0.15) is 0 Å². The van der Waals surface area contributed by atoms with Gasteiger partial charge in [0, 0.05) is 0 Å². The summed E-state index contributed by atoms with van der Waals surface area (Å²) in [5.74, 6) is 0. The SMILES string of the molecule is C=C[CH2-].[CH]1[CH][CH][CH][CH]1.[CH]1[CH][CH][CH][CH]1.[Cl][Ti+]. The third-order valence-electron chi connectivity index (χ3n) is 1.11. The van der Waals surface area contributed by atoms with Crippen molar-refractivity contribution in [2.75, 3.05) is 0 Å². The second-order valence-corrected chi connectivity index (χ2v) is 2.21. The molecule has 0 heterocycles. The van der Waals surface area contributed by atoms with Gasteiger partial charge in [0.05, 0.1) is 0 Å². The normalized spacial score (nSPS) is 17.1. The van der Waals surface area contributed by atoms with Gasteiger partial charge in [-0.1, -0.05) is 0 Å². The van der Waals surface area contributed by atoms with Gasteiger partial charge in [-0.05, 0) is 64.2 Å².